The molecule has 1 atom stereocenters. The van der Waals surface area contributed by atoms with Crippen molar-refractivity contribution in [1.29, 1.82) is 5.41 Å². The summed E-state index contributed by atoms with van der Waals surface area (Å²) >= 11 is 0. The molecule has 3 N–H and O–H groups in total. The lowest BCUT2D eigenvalue weighted by Gasteiger charge is -2.28. The first-order chi connectivity index (χ1) is 10.8. The van der Waals surface area contributed by atoms with Crippen molar-refractivity contribution in [3.8, 4) is 0 Å². The number of likely N-dealkylation sites (N-methyl/N-ethyl adjacent to an activating group) is 2. The molecule has 0 aliphatic heterocycles. The molecule has 0 aromatic heterocycles. The van der Waals surface area contributed by atoms with E-state index in [2.05, 4.69) is 10.6 Å². The highest BCUT2D eigenvalue weighted by Crippen LogP contribution is 2.35. The molecule has 0 spiro atoms. The zero-order chi connectivity index (χ0) is 18.9. The molecule has 1 rings (SSSR count). The highest BCUT2D eigenvalue weighted by atomic mass is 32.2. The molecule has 24 heavy (non-hydrogen) atoms. The van der Waals surface area contributed by atoms with Crippen LogP contribution >= 0.6 is 0 Å². The minimum absolute atomic E-state index is 0.213. The first-order valence-electron chi connectivity index (χ1n) is 6.70. The second-order valence-corrected chi connectivity index (χ2v) is 7.29. The number of amides is 1. The first-order valence-corrected chi connectivity index (χ1v) is 8.60. The minimum atomic E-state index is -4.92. The molecule has 1 amide bonds. The third kappa shape index (κ3) is 3.75. The summed E-state index contributed by atoms with van der Waals surface area (Å²) in [5.74, 6) is -0.615. The average molecular weight is 365 g/mol. The second kappa shape index (κ2) is 6.52. The maximum Gasteiger partial charge on any atom is 0.417 e. The Morgan fingerprint density at radius 1 is 1.21 bits per heavy atom. The highest BCUT2D eigenvalue weighted by molar-refractivity contribution is 7.90. The fraction of sp³-hybridized carbons (Fsp3) is 0.429. The van der Waals surface area contributed by atoms with Gasteiger partial charge in [-0.3, -0.25) is 4.79 Å². The van der Waals surface area contributed by atoms with Crippen molar-refractivity contribution >= 4 is 21.5 Å². The lowest BCUT2D eigenvalue weighted by molar-refractivity contribution is -0.139. The van der Waals surface area contributed by atoms with E-state index in [9.17, 15) is 26.4 Å². The summed E-state index contributed by atoms with van der Waals surface area (Å²) in [5, 5.41) is 13.0. The number of carbonyl (C=O) groups is 1. The maximum atomic E-state index is 13.2. The molecule has 0 saturated heterocycles. The zero-order valence-corrected chi connectivity index (χ0v) is 14.3. The monoisotopic (exact) mass is 365 g/mol. The third-order valence-electron chi connectivity index (χ3n) is 3.65. The van der Waals surface area contributed by atoms with Crippen LogP contribution in [0.25, 0.3) is 0 Å². The van der Waals surface area contributed by atoms with E-state index in [1.54, 1.807) is 0 Å². The number of sulfone groups is 1. The molecular weight excluding hydrogens is 347 g/mol. The van der Waals surface area contributed by atoms with E-state index in [1.165, 1.54) is 21.0 Å². The smallest absolute Gasteiger partial charge is 0.357 e. The van der Waals surface area contributed by atoms with Gasteiger partial charge in [0, 0.05) is 13.3 Å². The number of halogens is 3. The first kappa shape index (κ1) is 20.1. The molecule has 0 aliphatic rings. The van der Waals surface area contributed by atoms with E-state index in [4.69, 9.17) is 5.41 Å². The van der Waals surface area contributed by atoms with E-state index >= 15 is 0 Å². The molecule has 6 nitrogen and oxygen atoms in total. The molecule has 1 aromatic carbocycles. The summed E-state index contributed by atoms with van der Waals surface area (Å²) in [6.07, 6.45) is -4.25. The van der Waals surface area contributed by atoms with Crippen LogP contribution in [-0.2, 0) is 20.8 Å². The van der Waals surface area contributed by atoms with Gasteiger partial charge in [0.1, 0.15) is 5.54 Å². The summed E-state index contributed by atoms with van der Waals surface area (Å²) in [5.41, 5.74) is -3.59. The van der Waals surface area contributed by atoms with Gasteiger partial charge in [-0.1, -0.05) is 6.07 Å². The Labute approximate surface area is 137 Å². The Bertz CT molecular complexity index is 775. The lowest BCUT2D eigenvalue weighted by Crippen LogP contribution is -2.58. The molecule has 10 heteroatoms. The molecule has 1 aromatic rings. The van der Waals surface area contributed by atoms with Gasteiger partial charge in [-0.05, 0) is 31.7 Å². The Balaban J connectivity index is 3.58. The minimum Gasteiger partial charge on any atom is -0.357 e. The number of hydrogen-bond donors (Lipinski definition) is 3. The van der Waals surface area contributed by atoms with Crippen LogP contribution in [0.15, 0.2) is 23.1 Å². The summed E-state index contributed by atoms with van der Waals surface area (Å²) in [4.78, 5) is 11.1. The molecule has 0 saturated carbocycles. The van der Waals surface area contributed by atoms with Gasteiger partial charge in [0.25, 0.3) is 0 Å². The summed E-state index contributed by atoms with van der Waals surface area (Å²) in [6.45, 7) is 1.34. The second-order valence-electron chi connectivity index (χ2n) is 5.31. The fourth-order valence-corrected chi connectivity index (χ4v) is 3.01. The number of nitrogens with one attached hydrogen (secondary N) is 3. The molecule has 134 valence electrons. The van der Waals surface area contributed by atoms with Crippen molar-refractivity contribution in [3.05, 3.63) is 29.3 Å². The van der Waals surface area contributed by atoms with Gasteiger partial charge >= 0.3 is 6.18 Å². The van der Waals surface area contributed by atoms with Crippen molar-refractivity contribution in [2.45, 2.75) is 23.5 Å². The van der Waals surface area contributed by atoms with Crippen LogP contribution in [0.1, 0.15) is 18.1 Å². The van der Waals surface area contributed by atoms with Crippen LogP contribution in [0.3, 0.4) is 0 Å². The van der Waals surface area contributed by atoms with E-state index in [1.807, 2.05) is 0 Å². The van der Waals surface area contributed by atoms with Crippen molar-refractivity contribution in [2.75, 3.05) is 20.4 Å². The van der Waals surface area contributed by atoms with Gasteiger partial charge in [0.05, 0.1) is 16.2 Å². The number of hydrogen-bond acceptors (Lipinski definition) is 5. The molecule has 0 radical (unpaired) electrons. The maximum absolute atomic E-state index is 13.2. The summed E-state index contributed by atoms with van der Waals surface area (Å²) in [7, 11) is -1.39. The van der Waals surface area contributed by atoms with Crippen LogP contribution in [0.5, 0.6) is 0 Å². The normalized spacial score (nSPS) is 14.8. The van der Waals surface area contributed by atoms with E-state index < -0.39 is 43.6 Å². The van der Waals surface area contributed by atoms with E-state index in [0.29, 0.717) is 12.3 Å². The van der Waals surface area contributed by atoms with Crippen molar-refractivity contribution < 1.29 is 26.4 Å². The van der Waals surface area contributed by atoms with Gasteiger partial charge in [-0.25, -0.2) is 8.42 Å². The van der Waals surface area contributed by atoms with Crippen LogP contribution < -0.4 is 10.6 Å². The van der Waals surface area contributed by atoms with Gasteiger partial charge < -0.3 is 16.0 Å². The fourth-order valence-electron chi connectivity index (χ4n) is 2.12. The number of benzene rings is 1. The van der Waals surface area contributed by atoms with Crippen molar-refractivity contribution in [1.82, 2.24) is 10.6 Å². The predicted octanol–water partition coefficient (Wildman–Crippen LogP) is 1.20. The Kier molecular flexibility index (Phi) is 5.46. The Morgan fingerprint density at radius 2 is 1.75 bits per heavy atom. The van der Waals surface area contributed by atoms with Gasteiger partial charge in [-0.15, -0.1) is 0 Å². The van der Waals surface area contributed by atoms with Gasteiger partial charge in [0.2, 0.25) is 5.91 Å². The Morgan fingerprint density at radius 3 is 2.12 bits per heavy atom. The van der Waals surface area contributed by atoms with Crippen molar-refractivity contribution in [2.24, 2.45) is 0 Å². The standard InChI is InChI=1S/C14H18F3N3O3S/c1-13(20-3,12(21)19-2)11(18)8-5-6-10(24(4,22)23)9(7-8)14(15,16)17/h5-7,18,20H,1-4H3,(H,19,21). The third-order valence-corrected chi connectivity index (χ3v) is 4.81. The summed E-state index contributed by atoms with van der Waals surface area (Å²) < 4.78 is 62.7. The molecule has 1 unspecified atom stereocenters. The SMILES string of the molecule is CNC(=O)C(C)(NC)C(=N)c1ccc(S(C)(=O)=O)c(C(F)(F)F)c1. The van der Waals surface area contributed by atoms with Crippen molar-refractivity contribution in [3.63, 3.8) is 0 Å². The van der Waals surface area contributed by atoms with E-state index in [0.717, 1.165) is 12.1 Å². The van der Waals surface area contributed by atoms with Crippen LogP contribution in [0.2, 0.25) is 0 Å². The molecule has 0 bridgehead atoms. The van der Waals surface area contributed by atoms with Crippen LogP contribution in [0, 0.1) is 5.41 Å². The van der Waals surface area contributed by atoms with Crippen LogP contribution in [-0.4, -0.2) is 45.9 Å². The van der Waals surface area contributed by atoms with Gasteiger partial charge in [0.15, 0.2) is 9.84 Å². The predicted molar refractivity (Wildman–Crippen MR) is 82.9 cm³/mol. The number of alkyl halides is 3. The molecule has 0 aliphatic carbocycles. The average Bonchev–Trinajstić information content (AvgIpc) is 2.50. The number of carbonyl (C=O) groups excluding carboxylic acids is 1. The largest absolute Gasteiger partial charge is 0.417 e. The summed E-state index contributed by atoms with van der Waals surface area (Å²) in [6, 6.07) is 2.44. The quantitative estimate of drug-likeness (QED) is 0.683. The molecular formula is C14H18F3N3O3S. The van der Waals surface area contributed by atoms with Gasteiger partial charge in [-0.2, -0.15) is 13.2 Å². The Hall–Kier alpha value is -1.94. The van der Waals surface area contributed by atoms with Crippen LogP contribution in [0.4, 0.5) is 13.2 Å². The number of rotatable bonds is 5. The van der Waals surface area contributed by atoms with E-state index in [-0.39, 0.29) is 5.56 Å². The topological polar surface area (TPSA) is 99.1 Å². The lowest BCUT2D eigenvalue weighted by atomic mass is 9.88. The highest BCUT2D eigenvalue weighted by Gasteiger charge is 2.40. The zero-order valence-electron chi connectivity index (χ0n) is 13.5. The molecule has 0 heterocycles. The molecule has 0 fully saturated rings.